The molecule has 4 heteroatoms. The lowest BCUT2D eigenvalue weighted by Gasteiger charge is -2.38. The summed E-state index contributed by atoms with van der Waals surface area (Å²) in [5.74, 6) is 0. The van der Waals surface area contributed by atoms with Crippen LogP contribution in [-0.4, -0.2) is 38.5 Å². The molecule has 102 valence electrons. The predicted octanol–water partition coefficient (Wildman–Crippen LogP) is 1.85. The summed E-state index contributed by atoms with van der Waals surface area (Å²) in [4.78, 5) is 2.43. The molecule has 1 aliphatic heterocycles. The molecule has 0 radical (unpaired) electrons. The van der Waals surface area contributed by atoms with Crippen LogP contribution in [0.25, 0.3) is 0 Å². The fourth-order valence-corrected chi connectivity index (χ4v) is 2.84. The van der Waals surface area contributed by atoms with Crippen LogP contribution in [0, 0.1) is 6.92 Å². The van der Waals surface area contributed by atoms with Gasteiger partial charge in [0, 0.05) is 30.9 Å². The van der Waals surface area contributed by atoms with E-state index < -0.39 is 0 Å². The van der Waals surface area contributed by atoms with Crippen LogP contribution in [0.15, 0.2) is 6.20 Å². The molecule has 2 atom stereocenters. The van der Waals surface area contributed by atoms with Gasteiger partial charge >= 0.3 is 0 Å². The van der Waals surface area contributed by atoms with E-state index in [1.54, 1.807) is 0 Å². The summed E-state index contributed by atoms with van der Waals surface area (Å²) in [7, 11) is 1.98. The van der Waals surface area contributed by atoms with Crippen LogP contribution in [0.2, 0.25) is 0 Å². The number of aliphatic hydroxyl groups excluding tert-OH is 1. The molecular weight excluding hydrogens is 226 g/mol. The average Bonchev–Trinajstić information content (AvgIpc) is 2.70. The molecule has 0 saturated carbocycles. The summed E-state index contributed by atoms with van der Waals surface area (Å²) < 4.78 is 1.92. The van der Waals surface area contributed by atoms with Crippen LogP contribution in [0.1, 0.15) is 43.9 Å². The quantitative estimate of drug-likeness (QED) is 0.888. The lowest BCUT2D eigenvalue weighted by molar-refractivity contribution is 0.0194. The van der Waals surface area contributed by atoms with E-state index in [-0.39, 0.29) is 6.10 Å². The van der Waals surface area contributed by atoms with Gasteiger partial charge in [-0.1, -0.05) is 13.3 Å². The highest BCUT2D eigenvalue weighted by molar-refractivity contribution is 5.16. The van der Waals surface area contributed by atoms with Gasteiger partial charge in [0.2, 0.25) is 0 Å². The highest BCUT2D eigenvalue weighted by Crippen LogP contribution is 2.24. The minimum absolute atomic E-state index is 0.192. The maximum absolute atomic E-state index is 10.1. The van der Waals surface area contributed by atoms with E-state index in [9.17, 15) is 5.11 Å². The van der Waals surface area contributed by atoms with Crippen molar-refractivity contribution in [3.8, 4) is 0 Å². The summed E-state index contributed by atoms with van der Waals surface area (Å²) in [6.07, 6.45) is 6.21. The third kappa shape index (κ3) is 2.75. The zero-order valence-corrected chi connectivity index (χ0v) is 11.8. The lowest BCUT2D eigenvalue weighted by Crippen LogP contribution is -2.46. The molecule has 1 aliphatic rings. The molecule has 1 fully saturated rings. The number of piperidine rings is 1. The van der Waals surface area contributed by atoms with Crippen molar-refractivity contribution in [3.63, 3.8) is 0 Å². The van der Waals surface area contributed by atoms with Gasteiger partial charge in [0.25, 0.3) is 0 Å². The summed E-state index contributed by atoms with van der Waals surface area (Å²) in [5.41, 5.74) is 2.51. The van der Waals surface area contributed by atoms with E-state index >= 15 is 0 Å². The third-order valence-corrected chi connectivity index (χ3v) is 4.24. The Hall–Kier alpha value is -0.870. The maximum atomic E-state index is 10.1. The topological polar surface area (TPSA) is 41.3 Å². The van der Waals surface area contributed by atoms with Crippen LogP contribution in [0.4, 0.5) is 0 Å². The van der Waals surface area contributed by atoms with Gasteiger partial charge < -0.3 is 5.11 Å². The number of rotatable bonds is 4. The van der Waals surface area contributed by atoms with Gasteiger partial charge in [-0.25, -0.2) is 0 Å². The normalized spacial score (nSPS) is 23.2. The molecule has 0 amide bonds. The van der Waals surface area contributed by atoms with Gasteiger partial charge in [-0.15, -0.1) is 0 Å². The molecule has 1 saturated heterocycles. The molecule has 1 N–H and O–H groups in total. The second-order valence-corrected chi connectivity index (χ2v) is 5.39. The fourth-order valence-electron chi connectivity index (χ4n) is 2.84. The van der Waals surface area contributed by atoms with Gasteiger partial charge in [0.1, 0.15) is 0 Å². The van der Waals surface area contributed by atoms with E-state index in [0.717, 1.165) is 25.9 Å². The predicted molar refractivity (Wildman–Crippen MR) is 72.3 cm³/mol. The summed E-state index contributed by atoms with van der Waals surface area (Å²) in [5, 5.41) is 14.4. The first-order valence-corrected chi connectivity index (χ1v) is 7.03. The van der Waals surface area contributed by atoms with Crippen molar-refractivity contribution in [2.45, 2.75) is 58.2 Å². The van der Waals surface area contributed by atoms with Crippen LogP contribution in [0.3, 0.4) is 0 Å². The van der Waals surface area contributed by atoms with Crippen molar-refractivity contribution >= 4 is 0 Å². The van der Waals surface area contributed by atoms with Crippen LogP contribution >= 0.6 is 0 Å². The molecule has 1 aromatic rings. The molecule has 0 aliphatic carbocycles. The minimum Gasteiger partial charge on any atom is -0.392 e. The number of likely N-dealkylation sites (tertiary alicyclic amines) is 1. The van der Waals surface area contributed by atoms with Crippen molar-refractivity contribution in [1.82, 2.24) is 14.7 Å². The lowest BCUT2D eigenvalue weighted by atomic mass is 9.95. The smallest absolute Gasteiger partial charge is 0.0692 e. The zero-order valence-electron chi connectivity index (χ0n) is 11.8. The Morgan fingerprint density at radius 1 is 1.50 bits per heavy atom. The van der Waals surface area contributed by atoms with Gasteiger partial charge in [0.05, 0.1) is 12.3 Å². The number of hydrogen-bond donors (Lipinski definition) is 1. The molecule has 2 unspecified atom stereocenters. The number of aromatic nitrogens is 2. The molecule has 0 bridgehead atoms. The number of aryl methyl sites for hydroxylation is 1. The fraction of sp³-hybridized carbons (Fsp3) is 0.786. The third-order valence-electron chi connectivity index (χ3n) is 4.24. The van der Waals surface area contributed by atoms with E-state index in [2.05, 4.69) is 23.8 Å². The SMILES string of the molecule is CCC(O)C1CCCCN1Cc1cnn(C)c1C. The standard InChI is InChI=1S/C14H25N3O/c1-4-14(18)13-7-5-6-8-17(13)10-12-9-15-16(3)11(12)2/h9,13-14,18H,4-8,10H2,1-3H3. The molecule has 18 heavy (non-hydrogen) atoms. The summed E-state index contributed by atoms with van der Waals surface area (Å²) in [6.45, 7) is 6.18. The Morgan fingerprint density at radius 3 is 2.89 bits per heavy atom. The summed E-state index contributed by atoms with van der Waals surface area (Å²) >= 11 is 0. The van der Waals surface area contributed by atoms with Crippen LogP contribution in [-0.2, 0) is 13.6 Å². The van der Waals surface area contributed by atoms with Crippen molar-refractivity contribution in [3.05, 3.63) is 17.5 Å². The first kappa shape index (κ1) is 13.6. The Bertz CT molecular complexity index is 388. The van der Waals surface area contributed by atoms with E-state index in [1.807, 2.05) is 17.9 Å². The molecule has 0 aromatic carbocycles. The highest BCUT2D eigenvalue weighted by Gasteiger charge is 2.28. The molecule has 4 nitrogen and oxygen atoms in total. The Kier molecular flexibility index (Phi) is 4.40. The second kappa shape index (κ2) is 5.85. The van der Waals surface area contributed by atoms with E-state index in [0.29, 0.717) is 6.04 Å². The van der Waals surface area contributed by atoms with Crippen LogP contribution < -0.4 is 0 Å². The maximum Gasteiger partial charge on any atom is 0.0692 e. The zero-order chi connectivity index (χ0) is 13.1. The van der Waals surface area contributed by atoms with Crippen molar-refractivity contribution < 1.29 is 5.11 Å². The second-order valence-electron chi connectivity index (χ2n) is 5.39. The number of aliphatic hydroxyl groups is 1. The van der Waals surface area contributed by atoms with Gasteiger partial charge in [-0.3, -0.25) is 9.58 Å². The molecule has 0 spiro atoms. The van der Waals surface area contributed by atoms with Crippen molar-refractivity contribution in [2.24, 2.45) is 7.05 Å². The molecule has 1 aromatic heterocycles. The van der Waals surface area contributed by atoms with E-state index in [1.165, 1.54) is 24.1 Å². The number of nitrogens with zero attached hydrogens (tertiary/aromatic N) is 3. The minimum atomic E-state index is -0.192. The van der Waals surface area contributed by atoms with Crippen LogP contribution in [0.5, 0.6) is 0 Å². The van der Waals surface area contributed by atoms with Gasteiger partial charge in [-0.2, -0.15) is 5.10 Å². The van der Waals surface area contributed by atoms with E-state index in [4.69, 9.17) is 0 Å². The summed E-state index contributed by atoms with van der Waals surface area (Å²) in [6, 6.07) is 0.323. The number of hydrogen-bond acceptors (Lipinski definition) is 3. The highest BCUT2D eigenvalue weighted by atomic mass is 16.3. The van der Waals surface area contributed by atoms with Crippen molar-refractivity contribution in [1.29, 1.82) is 0 Å². The Morgan fingerprint density at radius 2 is 2.28 bits per heavy atom. The Balaban J connectivity index is 2.08. The average molecular weight is 251 g/mol. The Labute approximate surface area is 110 Å². The first-order chi connectivity index (χ1) is 8.63. The molecule has 2 heterocycles. The monoisotopic (exact) mass is 251 g/mol. The van der Waals surface area contributed by atoms with Gasteiger partial charge in [0.15, 0.2) is 0 Å². The van der Waals surface area contributed by atoms with Gasteiger partial charge in [-0.05, 0) is 32.7 Å². The molecular formula is C14H25N3O. The largest absolute Gasteiger partial charge is 0.392 e. The molecule has 2 rings (SSSR count). The first-order valence-electron chi connectivity index (χ1n) is 7.03. The van der Waals surface area contributed by atoms with Crippen molar-refractivity contribution in [2.75, 3.05) is 6.54 Å².